The van der Waals surface area contributed by atoms with E-state index in [-0.39, 0.29) is 28.6 Å². The number of nitrogens with zero attached hydrogens (tertiary/aromatic N) is 1. The highest BCUT2D eigenvalue weighted by atomic mass is 32.2. The molecule has 2 rings (SSSR count). The van der Waals surface area contributed by atoms with Crippen molar-refractivity contribution < 1.29 is 13.2 Å². The van der Waals surface area contributed by atoms with Gasteiger partial charge in [-0.05, 0) is 45.7 Å². The number of carbonyl (C=O) groups is 1. The van der Waals surface area contributed by atoms with E-state index in [1.807, 2.05) is 6.92 Å². The molecule has 22 heavy (non-hydrogen) atoms. The highest BCUT2D eigenvalue weighted by molar-refractivity contribution is 7.89. The lowest BCUT2D eigenvalue weighted by molar-refractivity contribution is 0.0738. The Morgan fingerprint density at radius 2 is 2.23 bits per heavy atom. The first-order valence-electron chi connectivity index (χ1n) is 7.46. The standard InChI is InChI=1S/C14H24N4O3S/c1-9(2)17-22(20,21)12-5-13(16-7-12)14(19)18-8-11(6-15)4-10(18)3/h5,7,9-11,16-17H,4,6,8,15H2,1-3H3. The van der Waals surface area contributed by atoms with Gasteiger partial charge in [0, 0.05) is 24.8 Å². The fraction of sp³-hybridized carbons (Fsp3) is 0.643. The fourth-order valence-corrected chi connectivity index (χ4v) is 4.03. The van der Waals surface area contributed by atoms with Gasteiger partial charge in [-0.2, -0.15) is 0 Å². The quantitative estimate of drug-likeness (QED) is 0.732. The summed E-state index contributed by atoms with van der Waals surface area (Å²) >= 11 is 0. The van der Waals surface area contributed by atoms with Gasteiger partial charge >= 0.3 is 0 Å². The second-order valence-electron chi connectivity index (χ2n) is 6.17. The van der Waals surface area contributed by atoms with Gasteiger partial charge in [0.25, 0.3) is 5.91 Å². The first-order chi connectivity index (χ1) is 10.2. The second kappa shape index (κ2) is 6.39. The Kier molecular flexibility index (Phi) is 4.93. The van der Waals surface area contributed by atoms with Crippen LogP contribution in [-0.2, 0) is 10.0 Å². The van der Waals surface area contributed by atoms with Crippen molar-refractivity contribution in [2.75, 3.05) is 13.1 Å². The lowest BCUT2D eigenvalue weighted by atomic mass is 10.1. The maximum Gasteiger partial charge on any atom is 0.270 e. The van der Waals surface area contributed by atoms with Gasteiger partial charge in [-0.3, -0.25) is 4.79 Å². The van der Waals surface area contributed by atoms with Crippen LogP contribution in [0.4, 0.5) is 0 Å². The van der Waals surface area contributed by atoms with Crippen LogP contribution >= 0.6 is 0 Å². The number of hydrogen-bond donors (Lipinski definition) is 3. The third-order valence-corrected chi connectivity index (χ3v) is 5.48. The third kappa shape index (κ3) is 3.50. The Balaban J connectivity index is 2.16. The molecule has 1 amide bonds. The number of nitrogens with one attached hydrogen (secondary N) is 2. The molecule has 124 valence electrons. The molecular formula is C14H24N4O3S. The molecule has 0 radical (unpaired) electrons. The first kappa shape index (κ1) is 17.0. The molecule has 1 aliphatic rings. The summed E-state index contributed by atoms with van der Waals surface area (Å²) in [4.78, 5) is 17.1. The van der Waals surface area contributed by atoms with Crippen LogP contribution in [0.15, 0.2) is 17.2 Å². The van der Waals surface area contributed by atoms with Crippen LogP contribution in [0.25, 0.3) is 0 Å². The zero-order chi connectivity index (χ0) is 16.5. The fourth-order valence-electron chi connectivity index (χ4n) is 2.78. The Morgan fingerprint density at radius 1 is 1.55 bits per heavy atom. The van der Waals surface area contributed by atoms with Gasteiger partial charge in [0.2, 0.25) is 10.0 Å². The van der Waals surface area contributed by atoms with Gasteiger partial charge < -0.3 is 15.6 Å². The summed E-state index contributed by atoms with van der Waals surface area (Å²) in [6.45, 7) is 6.64. The molecule has 0 bridgehead atoms. The van der Waals surface area contributed by atoms with E-state index < -0.39 is 10.0 Å². The van der Waals surface area contributed by atoms with Crippen LogP contribution in [0.1, 0.15) is 37.7 Å². The minimum atomic E-state index is -3.60. The molecule has 7 nitrogen and oxygen atoms in total. The van der Waals surface area contributed by atoms with Gasteiger partial charge in [-0.25, -0.2) is 13.1 Å². The van der Waals surface area contributed by atoms with Crippen molar-refractivity contribution in [1.29, 1.82) is 0 Å². The Bertz CT molecular complexity index is 638. The number of amides is 1. The van der Waals surface area contributed by atoms with E-state index in [0.29, 0.717) is 19.0 Å². The van der Waals surface area contributed by atoms with E-state index in [9.17, 15) is 13.2 Å². The zero-order valence-corrected chi connectivity index (χ0v) is 14.0. The van der Waals surface area contributed by atoms with E-state index >= 15 is 0 Å². The molecule has 1 saturated heterocycles. The summed E-state index contributed by atoms with van der Waals surface area (Å²) < 4.78 is 26.7. The topological polar surface area (TPSA) is 108 Å². The van der Waals surface area contributed by atoms with Gasteiger partial charge in [0.15, 0.2) is 0 Å². The van der Waals surface area contributed by atoms with Crippen molar-refractivity contribution in [2.45, 2.75) is 44.2 Å². The number of carbonyl (C=O) groups excluding carboxylic acids is 1. The molecule has 2 atom stereocenters. The molecular weight excluding hydrogens is 304 g/mol. The third-order valence-electron chi connectivity index (χ3n) is 3.84. The maximum atomic E-state index is 12.5. The van der Waals surface area contributed by atoms with Crippen molar-refractivity contribution in [2.24, 2.45) is 11.7 Å². The lowest BCUT2D eigenvalue weighted by Crippen LogP contribution is -2.34. The molecule has 1 aliphatic heterocycles. The van der Waals surface area contributed by atoms with Crippen LogP contribution in [0, 0.1) is 5.92 Å². The minimum Gasteiger partial charge on any atom is -0.356 e. The molecule has 4 N–H and O–H groups in total. The van der Waals surface area contributed by atoms with Gasteiger partial charge in [-0.15, -0.1) is 0 Å². The normalized spacial score (nSPS) is 22.5. The molecule has 0 spiro atoms. The number of rotatable bonds is 5. The number of aromatic amines is 1. The van der Waals surface area contributed by atoms with Crippen molar-refractivity contribution >= 4 is 15.9 Å². The van der Waals surface area contributed by atoms with Gasteiger partial charge in [0.05, 0.1) is 0 Å². The second-order valence-corrected chi connectivity index (χ2v) is 7.88. The largest absolute Gasteiger partial charge is 0.356 e. The van der Waals surface area contributed by atoms with Crippen LogP contribution in [0.5, 0.6) is 0 Å². The van der Waals surface area contributed by atoms with Crippen molar-refractivity contribution in [3.05, 3.63) is 18.0 Å². The van der Waals surface area contributed by atoms with Crippen LogP contribution < -0.4 is 10.5 Å². The summed E-state index contributed by atoms with van der Waals surface area (Å²) in [7, 11) is -3.60. The number of likely N-dealkylation sites (tertiary alicyclic amines) is 1. The monoisotopic (exact) mass is 328 g/mol. The summed E-state index contributed by atoms with van der Waals surface area (Å²) in [5, 5.41) is 0. The predicted molar refractivity (Wildman–Crippen MR) is 83.9 cm³/mol. The van der Waals surface area contributed by atoms with E-state index in [0.717, 1.165) is 6.42 Å². The summed E-state index contributed by atoms with van der Waals surface area (Å²) in [5.74, 6) is 0.120. The Hall–Kier alpha value is -1.38. The molecule has 1 fully saturated rings. The van der Waals surface area contributed by atoms with Crippen molar-refractivity contribution in [1.82, 2.24) is 14.6 Å². The molecule has 0 aromatic carbocycles. The lowest BCUT2D eigenvalue weighted by Gasteiger charge is -2.20. The molecule has 1 aromatic rings. The highest BCUT2D eigenvalue weighted by Gasteiger charge is 2.33. The predicted octanol–water partition coefficient (Wildman–Crippen LogP) is 0.511. The van der Waals surface area contributed by atoms with E-state index in [1.165, 1.54) is 12.3 Å². The first-order valence-corrected chi connectivity index (χ1v) is 8.94. The SMILES string of the molecule is CC(C)NS(=O)(=O)c1c[nH]c(C(=O)N2CC(CN)CC2C)c1. The molecule has 2 unspecified atom stereocenters. The van der Waals surface area contributed by atoms with Crippen molar-refractivity contribution in [3.63, 3.8) is 0 Å². The molecule has 8 heteroatoms. The average Bonchev–Trinajstić information content (AvgIpc) is 3.03. The maximum absolute atomic E-state index is 12.5. The van der Waals surface area contributed by atoms with E-state index in [2.05, 4.69) is 9.71 Å². The summed E-state index contributed by atoms with van der Waals surface area (Å²) in [5.41, 5.74) is 5.96. The number of nitrogens with two attached hydrogens (primary N) is 1. The number of sulfonamides is 1. The number of H-pyrrole nitrogens is 1. The van der Waals surface area contributed by atoms with Gasteiger partial charge in [-0.1, -0.05) is 0 Å². The summed E-state index contributed by atoms with van der Waals surface area (Å²) in [6, 6.07) is 1.29. The van der Waals surface area contributed by atoms with Crippen LogP contribution in [-0.4, -0.2) is 49.4 Å². The molecule has 0 aliphatic carbocycles. The molecule has 1 aromatic heterocycles. The Labute approximate surface area is 131 Å². The van der Waals surface area contributed by atoms with Gasteiger partial charge in [0.1, 0.15) is 10.6 Å². The number of aromatic nitrogens is 1. The minimum absolute atomic E-state index is 0.0757. The zero-order valence-electron chi connectivity index (χ0n) is 13.2. The van der Waals surface area contributed by atoms with Crippen LogP contribution in [0.2, 0.25) is 0 Å². The van der Waals surface area contributed by atoms with E-state index in [1.54, 1.807) is 18.7 Å². The molecule has 0 saturated carbocycles. The van der Waals surface area contributed by atoms with Crippen molar-refractivity contribution in [3.8, 4) is 0 Å². The Morgan fingerprint density at radius 3 is 2.77 bits per heavy atom. The average molecular weight is 328 g/mol. The van der Waals surface area contributed by atoms with E-state index in [4.69, 9.17) is 5.73 Å². The number of hydrogen-bond acceptors (Lipinski definition) is 4. The molecule has 2 heterocycles. The highest BCUT2D eigenvalue weighted by Crippen LogP contribution is 2.24. The summed E-state index contributed by atoms with van der Waals surface area (Å²) in [6.07, 6.45) is 2.22. The smallest absolute Gasteiger partial charge is 0.270 e. The van der Waals surface area contributed by atoms with Crippen LogP contribution in [0.3, 0.4) is 0 Å².